The Kier molecular flexibility index (Phi) is 5.07. The lowest BCUT2D eigenvalue weighted by Crippen LogP contribution is -2.30. The number of nitrogens with two attached hydrogens (primary N) is 1. The van der Waals surface area contributed by atoms with E-state index in [1.165, 1.54) is 0 Å². The van der Waals surface area contributed by atoms with Crippen molar-refractivity contribution in [2.45, 2.75) is 52.1 Å². The van der Waals surface area contributed by atoms with E-state index in [1.807, 2.05) is 29.7 Å². The maximum absolute atomic E-state index is 13.0. The van der Waals surface area contributed by atoms with Crippen LogP contribution in [0.2, 0.25) is 5.02 Å². The van der Waals surface area contributed by atoms with Crippen LogP contribution < -0.4 is 11.3 Å². The number of aromatic nitrogens is 1. The molecule has 0 aliphatic heterocycles. The van der Waals surface area contributed by atoms with Crippen molar-refractivity contribution in [1.82, 2.24) is 4.57 Å². The molecule has 0 saturated carbocycles. The van der Waals surface area contributed by atoms with Crippen LogP contribution in [0.15, 0.2) is 29.1 Å². The first-order valence-electron chi connectivity index (χ1n) is 7.60. The van der Waals surface area contributed by atoms with Gasteiger partial charge in [-0.05, 0) is 37.3 Å². The van der Waals surface area contributed by atoms with Gasteiger partial charge in [0.25, 0.3) is 5.56 Å². The minimum absolute atomic E-state index is 0.0225. The van der Waals surface area contributed by atoms with Gasteiger partial charge in [0.2, 0.25) is 0 Å². The number of hydrogen-bond acceptors (Lipinski definition) is 2. The lowest BCUT2D eigenvalue weighted by atomic mass is 10.0. The highest BCUT2D eigenvalue weighted by Gasteiger charge is 2.19. The fraction of sp³-hybridized carbons (Fsp3) is 0.471. The summed E-state index contributed by atoms with van der Waals surface area (Å²) in [5.41, 5.74) is 6.97. The molecule has 0 amide bonds. The predicted octanol–water partition coefficient (Wildman–Crippen LogP) is 4.43. The maximum atomic E-state index is 13.0. The molecule has 0 aliphatic rings. The Bertz CT molecular complexity index is 691. The summed E-state index contributed by atoms with van der Waals surface area (Å²) in [5.74, 6) is 0. The highest BCUT2D eigenvalue weighted by atomic mass is 35.5. The van der Waals surface area contributed by atoms with E-state index < -0.39 is 0 Å². The van der Waals surface area contributed by atoms with Crippen LogP contribution in [0.25, 0.3) is 10.8 Å². The number of nitrogens with zero attached hydrogens (tertiary/aromatic N) is 1. The second kappa shape index (κ2) is 6.63. The van der Waals surface area contributed by atoms with Crippen LogP contribution in [0, 0.1) is 0 Å². The molecule has 2 unspecified atom stereocenters. The standard InChI is InChI=1S/C17H23ClN2O/c1-4-7-13(5-2)20-15(11(3)19)10-12-8-6-9-14(18)16(12)17(20)21/h6,8-11,13H,4-5,7,19H2,1-3H3. The van der Waals surface area contributed by atoms with Crippen LogP contribution in [0.5, 0.6) is 0 Å². The second-order valence-corrected chi connectivity index (χ2v) is 6.00. The molecular formula is C17H23ClN2O. The van der Waals surface area contributed by atoms with Crippen molar-refractivity contribution in [3.63, 3.8) is 0 Å². The van der Waals surface area contributed by atoms with Crippen LogP contribution in [0.1, 0.15) is 57.8 Å². The van der Waals surface area contributed by atoms with Gasteiger partial charge in [-0.2, -0.15) is 0 Å². The van der Waals surface area contributed by atoms with Gasteiger partial charge >= 0.3 is 0 Å². The fourth-order valence-electron chi connectivity index (χ4n) is 2.93. The van der Waals surface area contributed by atoms with E-state index in [9.17, 15) is 4.79 Å². The zero-order valence-corrected chi connectivity index (χ0v) is 13.7. The first-order valence-corrected chi connectivity index (χ1v) is 7.98. The first-order chi connectivity index (χ1) is 10.0. The van der Waals surface area contributed by atoms with Crippen LogP contribution in [-0.4, -0.2) is 4.57 Å². The van der Waals surface area contributed by atoms with Gasteiger partial charge in [-0.3, -0.25) is 4.79 Å². The van der Waals surface area contributed by atoms with E-state index in [2.05, 4.69) is 13.8 Å². The monoisotopic (exact) mass is 306 g/mol. The Morgan fingerprint density at radius 1 is 1.33 bits per heavy atom. The van der Waals surface area contributed by atoms with E-state index in [0.29, 0.717) is 10.4 Å². The van der Waals surface area contributed by atoms with Crippen LogP contribution in [0.3, 0.4) is 0 Å². The predicted molar refractivity (Wildman–Crippen MR) is 90.1 cm³/mol. The molecule has 1 aromatic carbocycles. The summed E-state index contributed by atoms with van der Waals surface area (Å²) < 4.78 is 1.86. The topological polar surface area (TPSA) is 48.0 Å². The zero-order valence-electron chi connectivity index (χ0n) is 12.9. The second-order valence-electron chi connectivity index (χ2n) is 5.59. The summed E-state index contributed by atoms with van der Waals surface area (Å²) in [7, 11) is 0. The van der Waals surface area contributed by atoms with E-state index in [0.717, 1.165) is 30.3 Å². The van der Waals surface area contributed by atoms with Gasteiger partial charge in [0.15, 0.2) is 0 Å². The molecule has 2 aromatic rings. The number of rotatable bonds is 5. The number of hydrogen-bond donors (Lipinski definition) is 1. The number of pyridine rings is 1. The molecule has 0 spiro atoms. The number of halogens is 1. The molecule has 0 saturated heterocycles. The maximum Gasteiger partial charge on any atom is 0.260 e. The van der Waals surface area contributed by atoms with Crippen molar-refractivity contribution in [3.05, 3.63) is 45.3 Å². The summed E-state index contributed by atoms with van der Waals surface area (Å²) in [6.07, 6.45) is 2.90. The molecule has 2 atom stereocenters. The molecule has 2 rings (SSSR count). The summed E-state index contributed by atoms with van der Waals surface area (Å²) in [6, 6.07) is 7.53. The van der Waals surface area contributed by atoms with Crippen molar-refractivity contribution in [2.24, 2.45) is 5.73 Å². The zero-order chi connectivity index (χ0) is 15.6. The van der Waals surface area contributed by atoms with Gasteiger partial charge in [0.1, 0.15) is 0 Å². The number of benzene rings is 1. The molecule has 0 bridgehead atoms. The molecule has 21 heavy (non-hydrogen) atoms. The Morgan fingerprint density at radius 2 is 2.05 bits per heavy atom. The molecule has 1 aromatic heterocycles. The average molecular weight is 307 g/mol. The molecule has 2 N–H and O–H groups in total. The molecule has 114 valence electrons. The van der Waals surface area contributed by atoms with Crippen LogP contribution in [-0.2, 0) is 0 Å². The Labute approximate surface area is 130 Å². The van der Waals surface area contributed by atoms with Crippen molar-refractivity contribution >= 4 is 22.4 Å². The van der Waals surface area contributed by atoms with Crippen LogP contribution >= 0.6 is 11.6 Å². The highest BCUT2D eigenvalue weighted by Crippen LogP contribution is 2.27. The number of fused-ring (bicyclic) bond motifs is 1. The van der Waals surface area contributed by atoms with E-state index in [1.54, 1.807) is 6.07 Å². The molecule has 3 nitrogen and oxygen atoms in total. The smallest absolute Gasteiger partial charge is 0.260 e. The van der Waals surface area contributed by atoms with E-state index >= 15 is 0 Å². The van der Waals surface area contributed by atoms with Gasteiger partial charge < -0.3 is 10.3 Å². The molecule has 0 aliphatic carbocycles. The van der Waals surface area contributed by atoms with Gasteiger partial charge in [-0.1, -0.05) is 44.0 Å². The van der Waals surface area contributed by atoms with Crippen molar-refractivity contribution in [3.8, 4) is 0 Å². The Morgan fingerprint density at radius 3 is 2.62 bits per heavy atom. The van der Waals surface area contributed by atoms with E-state index in [-0.39, 0.29) is 17.6 Å². The molecule has 1 heterocycles. The minimum Gasteiger partial charge on any atom is -0.323 e. The van der Waals surface area contributed by atoms with Gasteiger partial charge in [-0.15, -0.1) is 0 Å². The normalized spacial score (nSPS) is 14.3. The largest absolute Gasteiger partial charge is 0.323 e. The van der Waals surface area contributed by atoms with Gasteiger partial charge in [0.05, 0.1) is 10.4 Å². The minimum atomic E-state index is -0.188. The Balaban J connectivity index is 2.83. The van der Waals surface area contributed by atoms with Gasteiger partial charge in [-0.25, -0.2) is 0 Å². The lowest BCUT2D eigenvalue weighted by Gasteiger charge is -2.24. The third-order valence-corrected chi connectivity index (χ3v) is 4.30. The highest BCUT2D eigenvalue weighted by molar-refractivity contribution is 6.35. The van der Waals surface area contributed by atoms with E-state index in [4.69, 9.17) is 17.3 Å². The average Bonchev–Trinajstić information content (AvgIpc) is 2.45. The summed E-state index contributed by atoms with van der Waals surface area (Å²) in [5, 5.41) is 1.97. The van der Waals surface area contributed by atoms with Crippen molar-refractivity contribution in [2.75, 3.05) is 0 Å². The van der Waals surface area contributed by atoms with Crippen LogP contribution in [0.4, 0.5) is 0 Å². The summed E-state index contributed by atoms with van der Waals surface area (Å²) >= 11 is 6.25. The van der Waals surface area contributed by atoms with Crippen molar-refractivity contribution in [1.29, 1.82) is 0 Å². The third-order valence-electron chi connectivity index (χ3n) is 3.98. The summed E-state index contributed by atoms with van der Waals surface area (Å²) in [4.78, 5) is 13.0. The SMILES string of the molecule is CCCC(CC)n1c(C(C)N)cc2cccc(Cl)c2c1=O. The molecule has 0 radical (unpaired) electrons. The molecule has 4 heteroatoms. The van der Waals surface area contributed by atoms with Gasteiger partial charge in [0, 0.05) is 17.8 Å². The fourth-order valence-corrected chi connectivity index (χ4v) is 3.19. The Hall–Kier alpha value is -1.32. The first kappa shape index (κ1) is 16.1. The summed E-state index contributed by atoms with van der Waals surface area (Å²) in [6.45, 7) is 6.15. The molecule has 0 fully saturated rings. The van der Waals surface area contributed by atoms with Crippen molar-refractivity contribution < 1.29 is 0 Å². The lowest BCUT2D eigenvalue weighted by molar-refractivity contribution is 0.417. The molecular weight excluding hydrogens is 284 g/mol. The third kappa shape index (κ3) is 2.99. The quantitative estimate of drug-likeness (QED) is 0.888.